The molecule has 0 unspecified atom stereocenters. The van der Waals surface area contributed by atoms with Crippen molar-refractivity contribution in [3.8, 4) is 5.69 Å². The fourth-order valence-electron chi connectivity index (χ4n) is 2.12. The number of aromatic nitrogens is 1. The number of hydrogen-bond donors (Lipinski definition) is 0. The normalized spacial score (nSPS) is 10.7. The fourth-order valence-corrected chi connectivity index (χ4v) is 2.58. The molecule has 2 nitrogen and oxygen atoms in total. The van der Waals surface area contributed by atoms with Gasteiger partial charge in [0, 0.05) is 23.5 Å². The Hall–Kier alpha value is -1.42. The van der Waals surface area contributed by atoms with Crippen LogP contribution in [0.1, 0.15) is 17.0 Å². The Morgan fingerprint density at radius 1 is 1.06 bits per heavy atom. The Balaban J connectivity index is 2.77. The van der Waals surface area contributed by atoms with Crippen LogP contribution >= 0.6 is 15.9 Å². The molecule has 0 aliphatic rings. The first kappa shape index (κ1) is 13.0. The minimum Gasteiger partial charge on any atom is -0.318 e. The van der Waals surface area contributed by atoms with Crippen molar-refractivity contribution in [3.63, 3.8) is 0 Å². The molecular formula is C14H13BrFNO. The Labute approximate surface area is 113 Å². The summed E-state index contributed by atoms with van der Waals surface area (Å²) in [6, 6.07) is 6.31. The van der Waals surface area contributed by atoms with Gasteiger partial charge < -0.3 is 4.57 Å². The molecule has 0 N–H and O–H groups in total. The lowest BCUT2D eigenvalue weighted by Gasteiger charge is -2.17. The lowest BCUT2D eigenvalue weighted by Crippen LogP contribution is -2.12. The molecule has 0 saturated heterocycles. The molecule has 2 rings (SSSR count). The van der Waals surface area contributed by atoms with Crippen molar-refractivity contribution in [2.75, 3.05) is 0 Å². The molecule has 1 aromatic carbocycles. The maximum absolute atomic E-state index is 13.7. The minimum absolute atomic E-state index is 0.0310. The van der Waals surface area contributed by atoms with Crippen LogP contribution in [0, 0.1) is 26.6 Å². The third-order valence-corrected chi connectivity index (χ3v) is 3.50. The molecule has 2 aromatic rings. The Morgan fingerprint density at radius 2 is 1.61 bits per heavy atom. The van der Waals surface area contributed by atoms with Crippen LogP contribution in [-0.2, 0) is 0 Å². The SMILES string of the molecule is Cc1cc(Br)c(F)cc1-n1c(C)cc(=O)cc1C. The van der Waals surface area contributed by atoms with E-state index >= 15 is 0 Å². The van der Waals surface area contributed by atoms with Crippen molar-refractivity contribution in [2.24, 2.45) is 0 Å². The van der Waals surface area contributed by atoms with E-state index in [2.05, 4.69) is 15.9 Å². The van der Waals surface area contributed by atoms with E-state index < -0.39 is 0 Å². The summed E-state index contributed by atoms with van der Waals surface area (Å²) in [6.45, 7) is 5.60. The summed E-state index contributed by atoms with van der Waals surface area (Å²) in [5.41, 5.74) is 3.26. The van der Waals surface area contributed by atoms with Crippen LogP contribution in [0.25, 0.3) is 5.69 Å². The monoisotopic (exact) mass is 309 g/mol. The summed E-state index contributed by atoms with van der Waals surface area (Å²) < 4.78 is 16.0. The number of aryl methyl sites for hydroxylation is 3. The molecule has 1 heterocycles. The highest BCUT2D eigenvalue weighted by molar-refractivity contribution is 9.10. The average Bonchev–Trinajstić information content (AvgIpc) is 2.24. The van der Waals surface area contributed by atoms with Crippen LogP contribution in [0.5, 0.6) is 0 Å². The molecular weight excluding hydrogens is 297 g/mol. The molecule has 0 aliphatic carbocycles. The number of pyridine rings is 1. The third-order valence-electron chi connectivity index (χ3n) is 2.89. The standard InChI is InChI=1S/C14H13BrFNO/c1-8-4-12(15)13(16)7-14(8)17-9(2)5-11(18)6-10(17)3/h4-7H,1-3H3. The van der Waals surface area contributed by atoms with Gasteiger partial charge in [0.2, 0.25) is 0 Å². The summed E-state index contributed by atoms with van der Waals surface area (Å²) in [7, 11) is 0. The smallest absolute Gasteiger partial charge is 0.182 e. The van der Waals surface area contributed by atoms with Gasteiger partial charge in [-0.05, 0) is 54.4 Å². The molecule has 0 amide bonds. The maximum atomic E-state index is 13.7. The highest BCUT2D eigenvalue weighted by atomic mass is 79.9. The van der Waals surface area contributed by atoms with Crippen LogP contribution in [-0.4, -0.2) is 4.57 Å². The zero-order valence-electron chi connectivity index (χ0n) is 10.4. The van der Waals surface area contributed by atoms with Crippen molar-refractivity contribution >= 4 is 15.9 Å². The Morgan fingerprint density at radius 3 is 2.17 bits per heavy atom. The van der Waals surface area contributed by atoms with E-state index in [9.17, 15) is 9.18 Å². The van der Waals surface area contributed by atoms with E-state index in [1.165, 1.54) is 6.07 Å². The van der Waals surface area contributed by atoms with Crippen LogP contribution < -0.4 is 5.43 Å². The molecule has 4 heteroatoms. The van der Waals surface area contributed by atoms with Gasteiger partial charge >= 0.3 is 0 Å². The first-order valence-corrected chi connectivity index (χ1v) is 6.36. The van der Waals surface area contributed by atoms with E-state index in [-0.39, 0.29) is 11.2 Å². The molecule has 0 saturated carbocycles. The van der Waals surface area contributed by atoms with Crippen molar-refractivity contribution in [3.05, 3.63) is 61.7 Å². The zero-order chi connectivity index (χ0) is 13.4. The van der Waals surface area contributed by atoms with Gasteiger partial charge in [-0.15, -0.1) is 0 Å². The molecule has 1 aromatic heterocycles. The first-order valence-electron chi connectivity index (χ1n) is 5.56. The predicted molar refractivity (Wildman–Crippen MR) is 73.9 cm³/mol. The fraction of sp³-hybridized carbons (Fsp3) is 0.214. The molecule has 0 fully saturated rings. The summed E-state index contributed by atoms with van der Waals surface area (Å²) in [5, 5.41) is 0. The van der Waals surface area contributed by atoms with E-state index in [4.69, 9.17) is 0 Å². The van der Waals surface area contributed by atoms with Gasteiger partial charge in [-0.25, -0.2) is 4.39 Å². The second-order valence-electron chi connectivity index (χ2n) is 4.36. The van der Waals surface area contributed by atoms with E-state index in [0.29, 0.717) is 4.47 Å². The zero-order valence-corrected chi connectivity index (χ0v) is 12.0. The van der Waals surface area contributed by atoms with Crippen LogP contribution in [0.4, 0.5) is 4.39 Å². The van der Waals surface area contributed by atoms with Gasteiger partial charge in [0.25, 0.3) is 0 Å². The largest absolute Gasteiger partial charge is 0.318 e. The topological polar surface area (TPSA) is 22.0 Å². The molecule has 0 aliphatic heterocycles. The molecule has 0 radical (unpaired) electrons. The molecule has 0 spiro atoms. The van der Waals surface area contributed by atoms with Crippen molar-refractivity contribution in [1.82, 2.24) is 4.57 Å². The van der Waals surface area contributed by atoms with Gasteiger partial charge in [-0.1, -0.05) is 0 Å². The second kappa shape index (κ2) is 4.69. The first-order chi connectivity index (χ1) is 8.40. The summed E-state index contributed by atoms with van der Waals surface area (Å²) in [6.07, 6.45) is 0. The predicted octanol–water partition coefficient (Wildman–Crippen LogP) is 3.66. The minimum atomic E-state index is -0.312. The average molecular weight is 310 g/mol. The summed E-state index contributed by atoms with van der Waals surface area (Å²) in [5.74, 6) is -0.312. The molecule has 94 valence electrons. The van der Waals surface area contributed by atoms with Crippen LogP contribution in [0.15, 0.2) is 33.5 Å². The van der Waals surface area contributed by atoms with Crippen molar-refractivity contribution in [2.45, 2.75) is 20.8 Å². The molecule has 0 bridgehead atoms. The van der Waals surface area contributed by atoms with Crippen molar-refractivity contribution in [1.29, 1.82) is 0 Å². The number of hydrogen-bond acceptors (Lipinski definition) is 1. The van der Waals surface area contributed by atoms with E-state index in [0.717, 1.165) is 22.6 Å². The number of halogens is 2. The second-order valence-corrected chi connectivity index (χ2v) is 5.22. The lowest BCUT2D eigenvalue weighted by atomic mass is 10.1. The molecule has 18 heavy (non-hydrogen) atoms. The highest BCUT2D eigenvalue weighted by Crippen LogP contribution is 2.24. The van der Waals surface area contributed by atoms with Gasteiger partial charge in [0.1, 0.15) is 5.82 Å². The number of benzene rings is 1. The summed E-state index contributed by atoms with van der Waals surface area (Å²) >= 11 is 3.17. The number of rotatable bonds is 1. The number of nitrogens with zero attached hydrogens (tertiary/aromatic N) is 1. The Kier molecular flexibility index (Phi) is 3.39. The van der Waals surface area contributed by atoms with E-state index in [1.54, 1.807) is 18.2 Å². The van der Waals surface area contributed by atoms with Crippen molar-refractivity contribution < 1.29 is 4.39 Å². The quantitative estimate of drug-likeness (QED) is 0.788. The molecule has 0 atom stereocenters. The van der Waals surface area contributed by atoms with E-state index in [1.807, 2.05) is 25.3 Å². The highest BCUT2D eigenvalue weighted by Gasteiger charge is 2.10. The lowest BCUT2D eigenvalue weighted by molar-refractivity contribution is 0.618. The van der Waals surface area contributed by atoms with Crippen LogP contribution in [0.2, 0.25) is 0 Å². The van der Waals surface area contributed by atoms with Gasteiger partial charge in [0.05, 0.1) is 10.2 Å². The Bertz CT molecular complexity index is 650. The van der Waals surface area contributed by atoms with Crippen LogP contribution in [0.3, 0.4) is 0 Å². The van der Waals surface area contributed by atoms with Gasteiger partial charge in [0.15, 0.2) is 5.43 Å². The summed E-state index contributed by atoms with van der Waals surface area (Å²) in [4.78, 5) is 11.4. The van der Waals surface area contributed by atoms with Gasteiger partial charge in [-0.2, -0.15) is 0 Å². The maximum Gasteiger partial charge on any atom is 0.182 e. The third kappa shape index (κ3) is 2.25. The van der Waals surface area contributed by atoms with Gasteiger partial charge in [-0.3, -0.25) is 4.79 Å².